The van der Waals surface area contributed by atoms with Crippen molar-refractivity contribution in [1.82, 2.24) is 0 Å². The highest BCUT2D eigenvalue weighted by Gasteiger charge is 2.66. The van der Waals surface area contributed by atoms with Gasteiger partial charge in [-0.25, -0.2) is 12.8 Å². The molecule has 1 unspecified atom stereocenters. The number of halogens is 6. The molecule has 0 amide bonds. The summed E-state index contributed by atoms with van der Waals surface area (Å²) in [5.74, 6) is -0.736. The van der Waals surface area contributed by atoms with E-state index >= 15 is 0 Å². The Hall–Kier alpha value is -3.03. The molecule has 0 N–H and O–H groups in total. The van der Waals surface area contributed by atoms with Crippen LogP contribution in [0.4, 0.5) is 26.3 Å². The zero-order valence-corrected chi connectivity index (χ0v) is 22.4. The van der Waals surface area contributed by atoms with E-state index in [0.717, 1.165) is 0 Å². The first-order valence-corrected chi connectivity index (χ1v) is 14.2. The van der Waals surface area contributed by atoms with E-state index in [-0.39, 0.29) is 20.2 Å². The van der Waals surface area contributed by atoms with Crippen LogP contribution in [0.3, 0.4) is 0 Å². The van der Waals surface area contributed by atoms with Gasteiger partial charge in [0.1, 0.15) is 5.60 Å². The molecule has 13 heteroatoms. The minimum atomic E-state index is -6.58. The van der Waals surface area contributed by atoms with E-state index in [9.17, 15) is 39.6 Å². The van der Waals surface area contributed by atoms with Gasteiger partial charge in [-0.1, -0.05) is 36.4 Å². The van der Waals surface area contributed by atoms with E-state index < -0.39 is 49.6 Å². The number of benzene rings is 3. The minimum absolute atomic E-state index is 0.00279. The van der Waals surface area contributed by atoms with Gasteiger partial charge in [0.2, 0.25) is 0 Å². The standard InChI is InChI=1S/C26H24F6O5S2/c1-24(2,3)36-22(33)18-14-16-21(17-15-18)38(19-10-6-4-7-11-19,20-12-8-5-9-13-20)37-39(34,35)26(31,32)23(27)25(28,29)30/h4-17,23H,1-3H3. The Bertz CT molecular complexity index is 1350. The predicted molar refractivity (Wildman–Crippen MR) is 133 cm³/mol. The van der Waals surface area contributed by atoms with Gasteiger partial charge in [-0.05, 0) is 79.6 Å². The second kappa shape index (κ2) is 10.9. The van der Waals surface area contributed by atoms with Crippen LogP contribution in [-0.4, -0.2) is 37.6 Å². The molecule has 1 atom stereocenters. The average Bonchev–Trinajstić information content (AvgIpc) is 2.86. The monoisotopic (exact) mass is 594 g/mol. The number of hydrogen-bond acceptors (Lipinski definition) is 5. The van der Waals surface area contributed by atoms with E-state index in [1.807, 2.05) is 0 Å². The Balaban J connectivity index is 2.28. The van der Waals surface area contributed by atoms with Crippen LogP contribution in [0.15, 0.2) is 99.6 Å². The molecule has 0 spiro atoms. The fraction of sp³-hybridized carbons (Fsp3) is 0.269. The highest BCUT2D eigenvalue weighted by molar-refractivity contribution is 8.33. The van der Waals surface area contributed by atoms with Gasteiger partial charge in [0.05, 0.1) is 5.56 Å². The molecule has 3 rings (SSSR count). The van der Waals surface area contributed by atoms with Crippen molar-refractivity contribution in [2.24, 2.45) is 0 Å². The zero-order chi connectivity index (χ0) is 29.3. The summed E-state index contributed by atoms with van der Waals surface area (Å²) in [4.78, 5) is 12.4. The largest absolute Gasteiger partial charge is 0.456 e. The summed E-state index contributed by atoms with van der Waals surface area (Å²) in [6, 6.07) is 19.1. The van der Waals surface area contributed by atoms with Gasteiger partial charge < -0.3 is 4.74 Å². The first kappa shape index (κ1) is 30.5. The van der Waals surface area contributed by atoms with Gasteiger partial charge in [0.15, 0.2) is 0 Å². The Labute approximate surface area is 223 Å². The zero-order valence-electron chi connectivity index (χ0n) is 20.8. The summed E-state index contributed by atoms with van der Waals surface area (Å²) in [5.41, 5.74) is -0.819. The third-order valence-electron chi connectivity index (χ3n) is 5.08. The van der Waals surface area contributed by atoms with Crippen LogP contribution >= 0.6 is 10.3 Å². The number of esters is 1. The van der Waals surface area contributed by atoms with Crippen molar-refractivity contribution >= 4 is 26.4 Å². The van der Waals surface area contributed by atoms with Crippen LogP contribution in [0.5, 0.6) is 0 Å². The van der Waals surface area contributed by atoms with Crippen molar-refractivity contribution in [1.29, 1.82) is 0 Å². The average molecular weight is 595 g/mol. The maximum atomic E-state index is 14.6. The van der Waals surface area contributed by atoms with Crippen LogP contribution in [0.1, 0.15) is 31.1 Å². The molecule has 0 heterocycles. The van der Waals surface area contributed by atoms with Gasteiger partial charge in [-0.15, -0.1) is 0 Å². The third-order valence-corrected chi connectivity index (χ3v) is 10.3. The molecular formula is C26H24F6O5S2. The SMILES string of the molecule is CC(C)(C)OC(=O)c1ccc(S(OS(=O)(=O)C(F)(F)C(F)C(F)(F)F)(c2ccccc2)c2ccccc2)cc1. The molecule has 0 saturated carbocycles. The van der Waals surface area contributed by atoms with Crippen LogP contribution in [-0.2, 0) is 18.5 Å². The summed E-state index contributed by atoms with van der Waals surface area (Å²) < 4.78 is 118. The van der Waals surface area contributed by atoms with Crippen LogP contribution in [0.25, 0.3) is 0 Å². The molecule has 0 aliphatic heterocycles. The lowest BCUT2D eigenvalue weighted by Crippen LogP contribution is -2.48. The fourth-order valence-corrected chi connectivity index (χ4v) is 8.55. The number of hydrogen-bond donors (Lipinski definition) is 0. The minimum Gasteiger partial charge on any atom is -0.456 e. The Kier molecular flexibility index (Phi) is 8.49. The second-order valence-corrected chi connectivity index (χ2v) is 13.7. The van der Waals surface area contributed by atoms with Gasteiger partial charge >= 0.3 is 27.5 Å². The molecule has 0 aliphatic carbocycles. The molecule has 3 aromatic carbocycles. The molecule has 0 fully saturated rings. The first-order valence-electron chi connectivity index (χ1n) is 11.2. The van der Waals surface area contributed by atoms with Crippen molar-refractivity contribution in [3.05, 3.63) is 90.5 Å². The molecule has 5 nitrogen and oxygen atoms in total. The van der Waals surface area contributed by atoms with Crippen LogP contribution < -0.4 is 0 Å². The van der Waals surface area contributed by atoms with Crippen molar-refractivity contribution in [3.63, 3.8) is 0 Å². The number of alkyl halides is 6. The summed E-state index contributed by atoms with van der Waals surface area (Å²) in [7, 11) is -10.4. The summed E-state index contributed by atoms with van der Waals surface area (Å²) in [5, 5.41) is -5.98. The maximum Gasteiger partial charge on any atom is 0.426 e. The first-order chi connectivity index (χ1) is 17.9. The van der Waals surface area contributed by atoms with E-state index in [2.05, 4.69) is 0 Å². The van der Waals surface area contributed by atoms with Gasteiger partial charge in [-0.3, -0.25) is 0 Å². The number of carbonyl (C=O) groups excluding carboxylic acids is 1. The molecule has 0 bridgehead atoms. The predicted octanol–water partition coefficient (Wildman–Crippen LogP) is 7.68. The Morgan fingerprint density at radius 1 is 0.718 bits per heavy atom. The lowest BCUT2D eigenvalue weighted by Gasteiger charge is -2.40. The lowest BCUT2D eigenvalue weighted by atomic mass is 10.2. The van der Waals surface area contributed by atoms with E-state index in [0.29, 0.717) is 0 Å². The normalized spacial score (nSPS) is 14.5. The lowest BCUT2D eigenvalue weighted by molar-refractivity contribution is -0.222. The fourth-order valence-electron chi connectivity index (χ4n) is 3.37. The molecule has 0 aromatic heterocycles. The Morgan fingerprint density at radius 2 is 1.13 bits per heavy atom. The maximum absolute atomic E-state index is 14.6. The quantitative estimate of drug-likeness (QED) is 0.198. The summed E-state index contributed by atoms with van der Waals surface area (Å²) in [6.07, 6.45) is -11.2. The van der Waals surface area contributed by atoms with Crippen molar-refractivity contribution in [2.75, 3.05) is 0 Å². The molecule has 0 aliphatic rings. The highest BCUT2D eigenvalue weighted by atomic mass is 32.3. The number of carbonyl (C=O) groups is 1. The number of rotatable bonds is 8. The molecular weight excluding hydrogens is 570 g/mol. The van der Waals surface area contributed by atoms with E-state index in [4.69, 9.17) is 8.37 Å². The summed E-state index contributed by atoms with van der Waals surface area (Å²) in [6.45, 7) is 4.91. The van der Waals surface area contributed by atoms with Crippen LogP contribution in [0.2, 0.25) is 0 Å². The molecule has 3 aromatic rings. The van der Waals surface area contributed by atoms with Gasteiger partial charge in [-0.2, -0.15) is 30.4 Å². The van der Waals surface area contributed by atoms with Gasteiger partial charge in [0, 0.05) is 14.7 Å². The molecule has 0 radical (unpaired) electrons. The molecule has 212 valence electrons. The highest BCUT2D eigenvalue weighted by Crippen LogP contribution is 2.70. The number of ether oxygens (including phenoxy) is 1. The summed E-state index contributed by atoms with van der Waals surface area (Å²) >= 11 is 0. The topological polar surface area (TPSA) is 69.7 Å². The smallest absolute Gasteiger partial charge is 0.426 e. The Morgan fingerprint density at radius 3 is 1.51 bits per heavy atom. The molecule has 39 heavy (non-hydrogen) atoms. The molecule has 0 saturated heterocycles. The van der Waals surface area contributed by atoms with Crippen LogP contribution in [0, 0.1) is 0 Å². The van der Waals surface area contributed by atoms with Crippen molar-refractivity contribution in [2.45, 2.75) is 58.7 Å². The van der Waals surface area contributed by atoms with E-state index in [1.54, 1.807) is 20.8 Å². The van der Waals surface area contributed by atoms with Crippen molar-refractivity contribution < 1.29 is 47.9 Å². The third kappa shape index (κ3) is 6.42. The van der Waals surface area contributed by atoms with Gasteiger partial charge in [0.25, 0.3) is 6.17 Å². The van der Waals surface area contributed by atoms with Crippen molar-refractivity contribution in [3.8, 4) is 0 Å². The second-order valence-electron chi connectivity index (χ2n) is 9.20. The van der Waals surface area contributed by atoms with E-state index in [1.165, 1.54) is 84.9 Å².